The smallest absolute Gasteiger partial charge is 0.355 e. The van der Waals surface area contributed by atoms with Crippen LogP contribution in [0.3, 0.4) is 0 Å². The second kappa shape index (κ2) is 10.4. The number of aromatic nitrogens is 1. The lowest BCUT2D eigenvalue weighted by molar-refractivity contribution is 0.0520. The van der Waals surface area contributed by atoms with Gasteiger partial charge in [0, 0.05) is 17.3 Å². The van der Waals surface area contributed by atoms with Crippen LogP contribution in [-0.4, -0.2) is 31.8 Å². The average molecular weight is 395 g/mol. The van der Waals surface area contributed by atoms with E-state index in [2.05, 4.69) is 11.6 Å². The average Bonchev–Trinajstić information content (AvgIpc) is 3.16. The van der Waals surface area contributed by atoms with Crippen LogP contribution in [0.2, 0.25) is 0 Å². The number of nitrogens with one attached hydrogen (secondary N) is 1. The predicted molar refractivity (Wildman–Crippen MR) is 117 cm³/mol. The Morgan fingerprint density at radius 3 is 2.55 bits per heavy atom. The summed E-state index contributed by atoms with van der Waals surface area (Å²) in [5, 5.41) is 0. The molecule has 0 aliphatic carbocycles. The number of hydrogen-bond donors (Lipinski definition) is 1. The normalized spacial score (nSPS) is 11.6. The number of H-pyrrole nitrogens is 1. The molecule has 2 aromatic rings. The third-order valence-corrected chi connectivity index (χ3v) is 4.56. The molecule has 0 radical (unpaired) electrons. The third-order valence-electron chi connectivity index (χ3n) is 4.56. The standard InChI is InChI=1S/C24H29NO4/c1-7-10-18(27-5)14-13-16(3)22-20(15-25-23(22)24(26)29-8-2)19-11-9-12-21(28-6)17(19)4/h9-15,25H,3,7-8H2,1-2,4-6H3/b14-13-,18-10+. The summed E-state index contributed by atoms with van der Waals surface area (Å²) in [4.78, 5) is 15.6. The van der Waals surface area contributed by atoms with E-state index in [9.17, 15) is 4.79 Å². The molecule has 0 aliphatic heterocycles. The Hall–Kier alpha value is -3.21. The summed E-state index contributed by atoms with van der Waals surface area (Å²) >= 11 is 0. The highest BCUT2D eigenvalue weighted by molar-refractivity contribution is 6.00. The molecule has 29 heavy (non-hydrogen) atoms. The molecule has 2 rings (SSSR count). The number of methoxy groups -OCH3 is 2. The minimum Gasteiger partial charge on any atom is -0.497 e. The Kier molecular flexibility index (Phi) is 7.89. The summed E-state index contributed by atoms with van der Waals surface area (Å²) < 4.78 is 16.0. The highest BCUT2D eigenvalue weighted by Gasteiger charge is 2.22. The van der Waals surface area contributed by atoms with Gasteiger partial charge in [0.05, 0.1) is 20.8 Å². The van der Waals surface area contributed by atoms with Gasteiger partial charge in [-0.3, -0.25) is 0 Å². The first-order valence-corrected chi connectivity index (χ1v) is 9.62. The van der Waals surface area contributed by atoms with E-state index in [-0.39, 0.29) is 0 Å². The molecule has 1 aromatic carbocycles. The number of carbonyl (C=O) groups excluding carboxylic acids is 1. The molecule has 154 valence electrons. The van der Waals surface area contributed by atoms with Crippen LogP contribution < -0.4 is 4.74 Å². The first-order chi connectivity index (χ1) is 14.0. The molecule has 0 spiro atoms. The zero-order valence-corrected chi connectivity index (χ0v) is 17.8. The molecule has 0 unspecified atom stereocenters. The van der Waals surface area contributed by atoms with Crippen LogP contribution in [0.25, 0.3) is 16.7 Å². The van der Waals surface area contributed by atoms with E-state index in [1.807, 2.05) is 56.5 Å². The molecule has 5 heteroatoms. The van der Waals surface area contributed by atoms with Gasteiger partial charge in [0.1, 0.15) is 17.2 Å². The van der Waals surface area contributed by atoms with Crippen molar-refractivity contribution in [1.29, 1.82) is 0 Å². The van der Waals surface area contributed by atoms with Crippen molar-refractivity contribution in [3.05, 3.63) is 71.8 Å². The molecule has 0 saturated carbocycles. The van der Waals surface area contributed by atoms with Crippen LogP contribution >= 0.6 is 0 Å². The molecule has 1 N–H and O–H groups in total. The zero-order chi connectivity index (χ0) is 21.4. The van der Waals surface area contributed by atoms with Crippen LogP contribution in [0.5, 0.6) is 5.75 Å². The van der Waals surface area contributed by atoms with Crippen molar-refractivity contribution < 1.29 is 19.0 Å². The van der Waals surface area contributed by atoms with E-state index in [1.54, 1.807) is 21.1 Å². The minimum atomic E-state index is -0.417. The number of ether oxygens (including phenoxy) is 3. The third kappa shape index (κ3) is 4.99. The maximum Gasteiger partial charge on any atom is 0.355 e. The van der Waals surface area contributed by atoms with Gasteiger partial charge in [-0.2, -0.15) is 0 Å². The summed E-state index contributed by atoms with van der Waals surface area (Å²) in [5.41, 5.74) is 4.53. The number of carbonyl (C=O) groups is 1. The number of benzene rings is 1. The molecule has 1 heterocycles. The molecule has 0 aliphatic rings. The van der Waals surface area contributed by atoms with E-state index in [1.165, 1.54) is 0 Å². The fraction of sp³-hybridized carbons (Fsp3) is 0.292. The topological polar surface area (TPSA) is 60.5 Å². The Labute approximate surface area is 172 Å². The van der Waals surface area contributed by atoms with Gasteiger partial charge in [-0.1, -0.05) is 31.7 Å². The molecule has 0 fully saturated rings. The van der Waals surface area contributed by atoms with E-state index in [0.717, 1.165) is 34.6 Å². The molecule has 1 aromatic heterocycles. The number of aromatic amines is 1. The molecule has 0 amide bonds. The van der Waals surface area contributed by atoms with Gasteiger partial charge in [0.2, 0.25) is 0 Å². The summed E-state index contributed by atoms with van der Waals surface area (Å²) in [6.07, 6.45) is 8.32. The van der Waals surface area contributed by atoms with Crippen LogP contribution in [-0.2, 0) is 9.47 Å². The number of rotatable bonds is 9. The van der Waals surface area contributed by atoms with E-state index in [4.69, 9.17) is 14.2 Å². The van der Waals surface area contributed by atoms with Crippen LogP contribution in [0.15, 0.2) is 55.0 Å². The minimum absolute atomic E-state index is 0.292. The lowest BCUT2D eigenvalue weighted by Gasteiger charge is -2.12. The van der Waals surface area contributed by atoms with Crippen molar-refractivity contribution in [3.8, 4) is 16.9 Å². The number of esters is 1. The van der Waals surface area contributed by atoms with Gasteiger partial charge < -0.3 is 19.2 Å². The molecule has 0 bridgehead atoms. The lowest BCUT2D eigenvalue weighted by atomic mass is 9.94. The van der Waals surface area contributed by atoms with Crippen molar-refractivity contribution in [1.82, 2.24) is 4.98 Å². The number of hydrogen-bond acceptors (Lipinski definition) is 4. The van der Waals surface area contributed by atoms with Crippen LogP contribution in [0.1, 0.15) is 41.9 Å². The monoisotopic (exact) mass is 395 g/mol. The fourth-order valence-corrected chi connectivity index (χ4v) is 3.15. The van der Waals surface area contributed by atoms with Gasteiger partial charge in [0.25, 0.3) is 0 Å². The van der Waals surface area contributed by atoms with Crippen LogP contribution in [0.4, 0.5) is 0 Å². The summed E-state index contributed by atoms with van der Waals surface area (Å²) in [7, 11) is 3.27. The predicted octanol–water partition coefficient (Wildman–Crippen LogP) is 5.69. The largest absolute Gasteiger partial charge is 0.497 e. The second-order valence-electron chi connectivity index (χ2n) is 6.38. The van der Waals surface area contributed by atoms with Gasteiger partial charge in [-0.15, -0.1) is 0 Å². The highest BCUT2D eigenvalue weighted by atomic mass is 16.5. The SMILES string of the molecule is C=C(/C=C\C(=C/CC)OC)c1c(-c2cccc(OC)c2C)c[nH]c1C(=O)OCC. The first kappa shape index (κ1) is 22.1. The molecule has 5 nitrogen and oxygen atoms in total. The summed E-state index contributed by atoms with van der Waals surface area (Å²) in [6.45, 7) is 10.3. The molecule has 0 atom stereocenters. The van der Waals surface area contributed by atoms with E-state index >= 15 is 0 Å². The maximum absolute atomic E-state index is 12.5. The molecular weight excluding hydrogens is 366 g/mol. The zero-order valence-electron chi connectivity index (χ0n) is 17.8. The fourth-order valence-electron chi connectivity index (χ4n) is 3.15. The van der Waals surface area contributed by atoms with Crippen molar-refractivity contribution in [3.63, 3.8) is 0 Å². The Bertz CT molecular complexity index is 934. The van der Waals surface area contributed by atoms with Gasteiger partial charge in [-0.05, 0) is 55.2 Å². The Morgan fingerprint density at radius 1 is 1.17 bits per heavy atom. The Morgan fingerprint density at radius 2 is 1.93 bits per heavy atom. The number of allylic oxidation sites excluding steroid dienone is 4. The quantitative estimate of drug-likeness (QED) is 0.337. The summed E-state index contributed by atoms with van der Waals surface area (Å²) in [5.74, 6) is 1.10. The van der Waals surface area contributed by atoms with Crippen LogP contribution in [0, 0.1) is 6.92 Å². The molecular formula is C24H29NO4. The first-order valence-electron chi connectivity index (χ1n) is 9.62. The van der Waals surface area contributed by atoms with E-state index < -0.39 is 5.97 Å². The van der Waals surface area contributed by atoms with Gasteiger partial charge in [-0.25, -0.2) is 4.79 Å². The van der Waals surface area contributed by atoms with Crippen molar-refractivity contribution in [2.75, 3.05) is 20.8 Å². The highest BCUT2D eigenvalue weighted by Crippen LogP contribution is 2.37. The summed E-state index contributed by atoms with van der Waals surface area (Å²) in [6, 6.07) is 5.83. The van der Waals surface area contributed by atoms with Gasteiger partial charge in [0.15, 0.2) is 0 Å². The van der Waals surface area contributed by atoms with Crippen molar-refractivity contribution in [2.24, 2.45) is 0 Å². The second-order valence-corrected chi connectivity index (χ2v) is 6.38. The van der Waals surface area contributed by atoms with Crippen molar-refractivity contribution >= 4 is 11.5 Å². The van der Waals surface area contributed by atoms with Crippen molar-refractivity contribution in [2.45, 2.75) is 27.2 Å². The lowest BCUT2D eigenvalue weighted by Crippen LogP contribution is -2.07. The maximum atomic E-state index is 12.5. The van der Waals surface area contributed by atoms with Gasteiger partial charge >= 0.3 is 5.97 Å². The Balaban J connectivity index is 2.60. The molecule has 0 saturated heterocycles. The van der Waals surface area contributed by atoms with E-state index in [0.29, 0.717) is 23.4 Å².